The number of rotatable bonds is 3. The monoisotopic (exact) mass is 364 g/mol. The molecule has 2 aromatic carbocycles. The summed E-state index contributed by atoms with van der Waals surface area (Å²) in [5.41, 5.74) is 2.67. The van der Waals surface area contributed by atoms with Crippen molar-refractivity contribution in [2.75, 3.05) is 17.2 Å². The normalized spacial score (nSPS) is 14.0. The quantitative estimate of drug-likeness (QED) is 0.702. The van der Waals surface area contributed by atoms with Gasteiger partial charge in [-0.1, -0.05) is 24.3 Å². The zero-order valence-corrected chi connectivity index (χ0v) is 15.4. The van der Waals surface area contributed by atoms with Gasteiger partial charge in [0.15, 0.2) is 5.82 Å². The maximum absolute atomic E-state index is 13.1. The first-order valence-corrected chi connectivity index (χ1v) is 9.78. The Bertz CT molecular complexity index is 920. The largest absolute Gasteiger partial charge is 0.314 e. The second-order valence-corrected chi connectivity index (χ2v) is 7.28. The van der Waals surface area contributed by atoms with Gasteiger partial charge in [0.05, 0.1) is 5.69 Å². The first-order valence-electron chi connectivity index (χ1n) is 8.80. The molecule has 26 heavy (non-hydrogen) atoms. The van der Waals surface area contributed by atoms with Crippen LogP contribution in [0.4, 0.5) is 5.69 Å². The van der Waals surface area contributed by atoms with E-state index in [1.165, 1.54) is 4.90 Å². The van der Waals surface area contributed by atoms with E-state index in [1.807, 2.05) is 63.7 Å². The average Bonchev–Trinajstić information content (AvgIpc) is 3.07. The fourth-order valence-corrected chi connectivity index (χ4v) is 4.16. The van der Waals surface area contributed by atoms with E-state index in [0.29, 0.717) is 5.56 Å². The molecule has 0 radical (unpaired) electrons. The number of benzene rings is 2. The van der Waals surface area contributed by atoms with Crippen molar-refractivity contribution in [3.63, 3.8) is 0 Å². The van der Waals surface area contributed by atoms with Crippen LogP contribution < -0.4 is 4.90 Å². The van der Waals surface area contributed by atoms with E-state index < -0.39 is 0 Å². The molecule has 0 unspecified atom stereocenters. The Morgan fingerprint density at radius 3 is 2.77 bits per heavy atom. The van der Waals surface area contributed by atoms with Gasteiger partial charge in [0, 0.05) is 29.1 Å². The topological polar surface area (TPSA) is 51.0 Å². The third-order valence-electron chi connectivity index (χ3n) is 4.53. The maximum Gasteiger partial charge on any atom is 0.258 e. The highest BCUT2D eigenvalue weighted by molar-refractivity contribution is 7.99. The molecule has 3 aromatic rings. The summed E-state index contributed by atoms with van der Waals surface area (Å²) in [5.74, 6) is 1.90. The molecule has 1 amide bonds. The van der Waals surface area contributed by atoms with Gasteiger partial charge in [0.25, 0.3) is 5.91 Å². The SMILES string of the molecule is CCn1cnnc1-c1ccc(C(=O)N2CCCSc3ccccc32)cc1. The highest BCUT2D eigenvalue weighted by Gasteiger charge is 2.22. The van der Waals surface area contributed by atoms with E-state index in [9.17, 15) is 4.79 Å². The summed E-state index contributed by atoms with van der Waals surface area (Å²) in [6, 6.07) is 15.8. The molecule has 0 saturated heterocycles. The zero-order valence-electron chi connectivity index (χ0n) is 14.6. The summed E-state index contributed by atoms with van der Waals surface area (Å²) in [7, 11) is 0. The fraction of sp³-hybridized carbons (Fsp3) is 0.250. The highest BCUT2D eigenvalue weighted by Crippen LogP contribution is 2.34. The number of carbonyl (C=O) groups is 1. The molecule has 0 N–H and O–H groups in total. The van der Waals surface area contributed by atoms with E-state index in [-0.39, 0.29) is 5.91 Å². The van der Waals surface area contributed by atoms with Crippen LogP contribution in [0.2, 0.25) is 0 Å². The molecule has 1 aromatic heterocycles. The van der Waals surface area contributed by atoms with Gasteiger partial charge in [-0.25, -0.2) is 0 Å². The number of para-hydroxylation sites is 1. The molecule has 1 aliphatic rings. The number of hydrogen-bond acceptors (Lipinski definition) is 4. The molecule has 4 rings (SSSR count). The third-order valence-corrected chi connectivity index (χ3v) is 5.68. The van der Waals surface area contributed by atoms with Crippen LogP contribution in [0.5, 0.6) is 0 Å². The van der Waals surface area contributed by atoms with Gasteiger partial charge in [-0.3, -0.25) is 4.79 Å². The van der Waals surface area contributed by atoms with Gasteiger partial charge in [0.2, 0.25) is 0 Å². The summed E-state index contributed by atoms with van der Waals surface area (Å²) in [5, 5.41) is 8.15. The van der Waals surface area contributed by atoms with Crippen LogP contribution in [0.25, 0.3) is 11.4 Å². The van der Waals surface area contributed by atoms with Gasteiger partial charge in [-0.05, 0) is 43.4 Å². The number of fused-ring (bicyclic) bond motifs is 1. The minimum atomic E-state index is 0.0449. The minimum absolute atomic E-state index is 0.0449. The van der Waals surface area contributed by atoms with Gasteiger partial charge < -0.3 is 9.47 Å². The molecule has 0 atom stereocenters. The van der Waals surface area contributed by atoms with Crippen molar-refractivity contribution in [2.24, 2.45) is 0 Å². The van der Waals surface area contributed by atoms with Crippen molar-refractivity contribution in [3.05, 3.63) is 60.4 Å². The number of hydrogen-bond donors (Lipinski definition) is 0. The number of anilines is 1. The van der Waals surface area contributed by atoms with Crippen molar-refractivity contribution >= 4 is 23.4 Å². The average molecular weight is 364 g/mol. The lowest BCUT2D eigenvalue weighted by molar-refractivity contribution is 0.0986. The van der Waals surface area contributed by atoms with E-state index in [0.717, 1.165) is 42.3 Å². The summed E-state index contributed by atoms with van der Waals surface area (Å²) in [6.45, 7) is 3.61. The van der Waals surface area contributed by atoms with Crippen LogP contribution in [-0.4, -0.2) is 33.0 Å². The van der Waals surface area contributed by atoms with Gasteiger partial charge in [0.1, 0.15) is 6.33 Å². The highest BCUT2D eigenvalue weighted by atomic mass is 32.2. The summed E-state index contributed by atoms with van der Waals surface area (Å²) >= 11 is 1.82. The summed E-state index contributed by atoms with van der Waals surface area (Å²) in [6.07, 6.45) is 2.71. The van der Waals surface area contributed by atoms with E-state index in [1.54, 1.807) is 6.33 Å². The Hall–Kier alpha value is -2.60. The predicted molar refractivity (Wildman–Crippen MR) is 105 cm³/mol. The Balaban J connectivity index is 1.63. The van der Waals surface area contributed by atoms with Crippen LogP contribution in [0.15, 0.2) is 59.8 Å². The number of thioether (sulfide) groups is 1. The molecule has 0 saturated carbocycles. The standard InChI is InChI=1S/C20H20N4OS/c1-2-23-14-21-22-19(23)15-8-10-16(11-9-15)20(25)24-12-5-13-26-18-7-4-3-6-17(18)24/h3-4,6-11,14H,2,5,12-13H2,1H3. The van der Waals surface area contributed by atoms with Crippen molar-refractivity contribution < 1.29 is 4.79 Å². The number of aromatic nitrogens is 3. The molecule has 132 valence electrons. The lowest BCUT2D eigenvalue weighted by Gasteiger charge is -2.22. The number of nitrogens with zero attached hydrogens (tertiary/aromatic N) is 4. The molecule has 0 spiro atoms. The summed E-state index contributed by atoms with van der Waals surface area (Å²) in [4.78, 5) is 16.2. The molecular weight excluding hydrogens is 344 g/mol. The Kier molecular flexibility index (Phi) is 4.75. The van der Waals surface area contributed by atoms with Crippen molar-refractivity contribution in [1.29, 1.82) is 0 Å². The van der Waals surface area contributed by atoms with Crippen molar-refractivity contribution in [1.82, 2.24) is 14.8 Å². The van der Waals surface area contributed by atoms with E-state index in [2.05, 4.69) is 23.2 Å². The van der Waals surface area contributed by atoms with Crippen LogP contribution in [-0.2, 0) is 6.54 Å². The van der Waals surface area contributed by atoms with E-state index >= 15 is 0 Å². The molecule has 0 bridgehead atoms. The lowest BCUT2D eigenvalue weighted by atomic mass is 10.1. The van der Waals surface area contributed by atoms with Crippen molar-refractivity contribution in [2.45, 2.75) is 24.8 Å². The molecule has 1 aliphatic heterocycles. The number of carbonyl (C=O) groups excluding carboxylic acids is 1. The Morgan fingerprint density at radius 2 is 1.96 bits per heavy atom. The van der Waals surface area contributed by atoms with Gasteiger partial charge in [-0.15, -0.1) is 22.0 Å². The fourth-order valence-electron chi connectivity index (χ4n) is 3.17. The molecule has 0 fully saturated rings. The Morgan fingerprint density at radius 1 is 1.15 bits per heavy atom. The first-order chi connectivity index (χ1) is 12.8. The molecule has 6 heteroatoms. The molecule has 5 nitrogen and oxygen atoms in total. The van der Waals surface area contributed by atoms with Crippen LogP contribution in [0, 0.1) is 0 Å². The summed E-state index contributed by atoms with van der Waals surface area (Å²) < 4.78 is 1.99. The predicted octanol–water partition coefficient (Wildman–Crippen LogP) is 4.11. The Labute approximate surface area is 157 Å². The van der Waals surface area contributed by atoms with Crippen LogP contribution >= 0.6 is 11.8 Å². The lowest BCUT2D eigenvalue weighted by Crippen LogP contribution is -2.31. The number of aryl methyl sites for hydroxylation is 1. The minimum Gasteiger partial charge on any atom is -0.314 e. The second kappa shape index (κ2) is 7.33. The first kappa shape index (κ1) is 16.8. The second-order valence-electron chi connectivity index (χ2n) is 6.14. The van der Waals surface area contributed by atoms with E-state index in [4.69, 9.17) is 0 Å². The smallest absolute Gasteiger partial charge is 0.258 e. The maximum atomic E-state index is 13.1. The third kappa shape index (κ3) is 3.12. The molecule has 2 heterocycles. The van der Waals surface area contributed by atoms with Crippen LogP contribution in [0.1, 0.15) is 23.7 Å². The molecule has 0 aliphatic carbocycles. The number of amides is 1. The van der Waals surface area contributed by atoms with Crippen LogP contribution in [0.3, 0.4) is 0 Å². The van der Waals surface area contributed by atoms with Gasteiger partial charge in [-0.2, -0.15) is 0 Å². The zero-order chi connectivity index (χ0) is 17.9. The molecular formula is C20H20N4OS. The van der Waals surface area contributed by atoms with Crippen molar-refractivity contribution in [3.8, 4) is 11.4 Å². The van der Waals surface area contributed by atoms with Gasteiger partial charge >= 0.3 is 0 Å².